The Morgan fingerprint density at radius 2 is 1.69 bits per heavy atom. The van der Waals surface area contributed by atoms with Crippen molar-refractivity contribution in [1.29, 1.82) is 0 Å². The Morgan fingerprint density at radius 3 is 2.31 bits per heavy atom. The van der Waals surface area contributed by atoms with E-state index in [1.165, 1.54) is 0 Å². The lowest BCUT2D eigenvalue weighted by Gasteiger charge is -2.42. The lowest BCUT2D eigenvalue weighted by atomic mass is 9.74. The second kappa shape index (κ2) is 8.91. The zero-order chi connectivity index (χ0) is 21.1. The quantitative estimate of drug-likeness (QED) is 0.512. The maximum absolute atomic E-state index is 14.0. The number of sulfone groups is 1. The molecule has 0 aromatic heterocycles. The first-order chi connectivity index (χ1) is 13.9. The SMILES string of the molecule is CCCCC1(CC)CN(c2ccccc2)c2ccccc2S(=O)(=O)C1CC(C)C. The molecular weight excluding hydrogens is 378 g/mol. The summed E-state index contributed by atoms with van der Waals surface area (Å²) in [6.45, 7) is 9.39. The third-order valence-electron chi connectivity index (χ3n) is 6.48. The van der Waals surface area contributed by atoms with Crippen LogP contribution in [0.5, 0.6) is 0 Å². The molecule has 29 heavy (non-hydrogen) atoms. The zero-order valence-electron chi connectivity index (χ0n) is 18.3. The van der Waals surface area contributed by atoms with Crippen molar-refractivity contribution >= 4 is 21.2 Å². The summed E-state index contributed by atoms with van der Waals surface area (Å²) in [5, 5.41) is -0.360. The predicted octanol–water partition coefficient (Wildman–Crippen LogP) is 6.61. The van der Waals surface area contributed by atoms with Gasteiger partial charge in [-0.25, -0.2) is 8.42 Å². The van der Waals surface area contributed by atoms with E-state index in [1.54, 1.807) is 6.07 Å². The molecule has 3 rings (SSSR count). The molecule has 1 aliphatic rings. The molecule has 2 aromatic rings. The smallest absolute Gasteiger partial charge is 0.183 e. The number of hydrogen-bond donors (Lipinski definition) is 0. The molecule has 0 saturated heterocycles. The van der Waals surface area contributed by atoms with Gasteiger partial charge < -0.3 is 4.90 Å². The summed E-state index contributed by atoms with van der Waals surface area (Å²) < 4.78 is 28.1. The maximum Gasteiger partial charge on any atom is 0.183 e. The fraction of sp³-hybridized carbons (Fsp3) is 0.520. The summed E-state index contributed by atoms with van der Waals surface area (Å²) >= 11 is 0. The maximum atomic E-state index is 14.0. The summed E-state index contributed by atoms with van der Waals surface area (Å²) in [4.78, 5) is 2.74. The molecule has 0 radical (unpaired) electrons. The molecule has 0 fully saturated rings. The van der Waals surface area contributed by atoms with Crippen LogP contribution >= 0.6 is 0 Å². The summed E-state index contributed by atoms with van der Waals surface area (Å²) in [7, 11) is -3.45. The minimum Gasteiger partial charge on any atom is -0.340 e. The van der Waals surface area contributed by atoms with Gasteiger partial charge in [0.2, 0.25) is 0 Å². The number of nitrogens with zero attached hydrogens (tertiary/aromatic N) is 1. The monoisotopic (exact) mass is 413 g/mol. The van der Waals surface area contributed by atoms with Crippen LogP contribution in [0.1, 0.15) is 59.8 Å². The molecule has 0 saturated carbocycles. The van der Waals surface area contributed by atoms with E-state index in [1.807, 2.05) is 36.4 Å². The Labute approximate surface area is 177 Å². The minimum atomic E-state index is -3.45. The molecule has 0 bridgehead atoms. The van der Waals surface area contributed by atoms with E-state index in [4.69, 9.17) is 0 Å². The van der Waals surface area contributed by atoms with Gasteiger partial charge in [-0.2, -0.15) is 0 Å². The van der Waals surface area contributed by atoms with E-state index in [-0.39, 0.29) is 10.7 Å². The van der Waals surface area contributed by atoms with Crippen molar-refractivity contribution in [2.24, 2.45) is 11.3 Å². The van der Waals surface area contributed by atoms with Gasteiger partial charge in [0, 0.05) is 17.6 Å². The van der Waals surface area contributed by atoms with Crippen molar-refractivity contribution in [2.75, 3.05) is 11.4 Å². The minimum absolute atomic E-state index is 0.270. The van der Waals surface area contributed by atoms with Crippen molar-refractivity contribution in [3.8, 4) is 0 Å². The fourth-order valence-electron chi connectivity index (χ4n) is 4.83. The molecule has 158 valence electrons. The normalized spacial score (nSPS) is 23.6. The van der Waals surface area contributed by atoms with Crippen LogP contribution in [0.15, 0.2) is 59.5 Å². The van der Waals surface area contributed by atoms with E-state index in [0.717, 1.165) is 43.6 Å². The fourth-order valence-corrected chi connectivity index (χ4v) is 7.53. The molecule has 2 unspecified atom stereocenters. The molecule has 0 N–H and O–H groups in total. The van der Waals surface area contributed by atoms with Crippen molar-refractivity contribution in [3.63, 3.8) is 0 Å². The van der Waals surface area contributed by atoms with Crippen LogP contribution < -0.4 is 4.90 Å². The van der Waals surface area contributed by atoms with Crippen LogP contribution in [0.25, 0.3) is 0 Å². The van der Waals surface area contributed by atoms with Crippen molar-refractivity contribution in [3.05, 3.63) is 54.6 Å². The summed E-state index contributed by atoms with van der Waals surface area (Å²) in [5.41, 5.74) is 1.61. The number of rotatable bonds is 7. The predicted molar refractivity (Wildman–Crippen MR) is 123 cm³/mol. The Balaban J connectivity index is 2.27. The average Bonchev–Trinajstić information content (AvgIpc) is 2.80. The first-order valence-electron chi connectivity index (χ1n) is 11.0. The van der Waals surface area contributed by atoms with Gasteiger partial charge in [0.1, 0.15) is 0 Å². The van der Waals surface area contributed by atoms with E-state index in [0.29, 0.717) is 17.2 Å². The highest BCUT2D eigenvalue weighted by Gasteiger charge is 2.49. The number of hydrogen-bond acceptors (Lipinski definition) is 3. The van der Waals surface area contributed by atoms with Crippen LogP contribution in [-0.4, -0.2) is 20.2 Å². The highest BCUT2D eigenvalue weighted by Crippen LogP contribution is 2.49. The van der Waals surface area contributed by atoms with Gasteiger partial charge in [-0.05, 0) is 49.4 Å². The van der Waals surface area contributed by atoms with Gasteiger partial charge in [-0.1, -0.05) is 70.9 Å². The first-order valence-corrected chi connectivity index (χ1v) is 12.6. The van der Waals surface area contributed by atoms with E-state index < -0.39 is 9.84 Å². The standard InChI is InChI=1S/C25H35NO2S/c1-5-7-17-25(6-2)19-26(21-13-9-8-10-14-21)22-15-11-12-16-23(22)29(27,28)24(25)18-20(3)4/h8-16,20,24H,5-7,17-19H2,1-4H3. The Morgan fingerprint density at radius 1 is 1.03 bits per heavy atom. The summed E-state index contributed by atoms with van der Waals surface area (Å²) in [6, 6.07) is 17.8. The van der Waals surface area contributed by atoms with Gasteiger partial charge in [0.25, 0.3) is 0 Å². The van der Waals surface area contributed by atoms with Crippen LogP contribution in [0.3, 0.4) is 0 Å². The van der Waals surface area contributed by atoms with Gasteiger partial charge >= 0.3 is 0 Å². The van der Waals surface area contributed by atoms with Crippen molar-refractivity contribution in [2.45, 2.75) is 69.9 Å². The van der Waals surface area contributed by atoms with Gasteiger partial charge in [0.05, 0.1) is 15.8 Å². The molecule has 1 aliphatic heterocycles. The highest BCUT2D eigenvalue weighted by atomic mass is 32.2. The highest BCUT2D eigenvalue weighted by molar-refractivity contribution is 7.92. The Hall–Kier alpha value is -1.81. The second-order valence-corrected chi connectivity index (χ2v) is 11.0. The number of benzene rings is 2. The summed E-state index contributed by atoms with van der Waals surface area (Å²) in [5.74, 6) is 0.331. The number of unbranched alkanes of at least 4 members (excludes halogenated alkanes) is 1. The second-order valence-electron chi connectivity index (χ2n) is 8.87. The molecule has 2 atom stereocenters. The van der Waals surface area contributed by atoms with E-state index >= 15 is 0 Å². The zero-order valence-corrected chi connectivity index (χ0v) is 19.1. The number of fused-ring (bicyclic) bond motifs is 1. The van der Waals surface area contributed by atoms with Crippen molar-refractivity contribution < 1.29 is 8.42 Å². The van der Waals surface area contributed by atoms with E-state index in [9.17, 15) is 8.42 Å². The van der Waals surface area contributed by atoms with Crippen molar-refractivity contribution in [1.82, 2.24) is 0 Å². The van der Waals surface area contributed by atoms with Gasteiger partial charge in [-0.3, -0.25) is 0 Å². The Kier molecular flexibility index (Phi) is 6.72. The number of anilines is 2. The summed E-state index contributed by atoms with van der Waals surface area (Å²) in [6.07, 6.45) is 4.64. The molecule has 3 nitrogen and oxygen atoms in total. The first kappa shape index (κ1) is 21.9. The third kappa shape index (κ3) is 4.23. The van der Waals surface area contributed by atoms with Crippen LogP contribution in [-0.2, 0) is 9.84 Å². The average molecular weight is 414 g/mol. The molecule has 0 spiro atoms. The van der Waals surface area contributed by atoms with Crippen LogP contribution in [0.4, 0.5) is 11.4 Å². The topological polar surface area (TPSA) is 37.4 Å². The molecule has 0 amide bonds. The molecule has 0 aliphatic carbocycles. The number of para-hydroxylation sites is 2. The molecule has 1 heterocycles. The molecular formula is C25H35NO2S. The van der Waals surface area contributed by atoms with Gasteiger partial charge in [-0.15, -0.1) is 0 Å². The largest absolute Gasteiger partial charge is 0.340 e. The lowest BCUT2D eigenvalue weighted by molar-refractivity contribution is 0.220. The molecule has 2 aromatic carbocycles. The van der Waals surface area contributed by atoms with Gasteiger partial charge in [0.15, 0.2) is 9.84 Å². The Bertz CT molecular complexity index is 907. The van der Waals surface area contributed by atoms with Crippen LogP contribution in [0, 0.1) is 11.3 Å². The van der Waals surface area contributed by atoms with E-state index in [2.05, 4.69) is 44.7 Å². The molecule has 4 heteroatoms. The lowest BCUT2D eigenvalue weighted by Crippen LogP contribution is -2.46. The van der Waals surface area contributed by atoms with Crippen LogP contribution in [0.2, 0.25) is 0 Å². The third-order valence-corrected chi connectivity index (χ3v) is 8.88.